The summed E-state index contributed by atoms with van der Waals surface area (Å²) in [5.74, 6) is 0.842. The zero-order chi connectivity index (χ0) is 15.0. The summed E-state index contributed by atoms with van der Waals surface area (Å²) in [5.41, 5.74) is 0. The fourth-order valence-corrected chi connectivity index (χ4v) is 5.07. The second-order valence-corrected chi connectivity index (χ2v) is 8.95. The normalized spacial score (nSPS) is 21.6. The van der Waals surface area contributed by atoms with E-state index in [9.17, 15) is 8.42 Å². The summed E-state index contributed by atoms with van der Waals surface area (Å²) < 4.78 is 27.7. The van der Waals surface area contributed by atoms with Gasteiger partial charge in [-0.15, -0.1) is 0 Å². The molecule has 0 N–H and O–H groups in total. The highest BCUT2D eigenvalue weighted by atomic mass is 79.9. The van der Waals surface area contributed by atoms with Crippen molar-refractivity contribution in [3.63, 3.8) is 0 Å². The van der Waals surface area contributed by atoms with Crippen LogP contribution in [0, 0.1) is 5.92 Å². The van der Waals surface area contributed by atoms with E-state index in [1.165, 1.54) is 12.8 Å². The molecule has 1 aromatic rings. The van der Waals surface area contributed by atoms with Gasteiger partial charge in [-0.05, 0) is 37.0 Å². The molecule has 2 aliphatic rings. The van der Waals surface area contributed by atoms with Crippen LogP contribution in [0.25, 0.3) is 0 Å². The Kier molecular flexibility index (Phi) is 4.62. The molecule has 21 heavy (non-hydrogen) atoms. The van der Waals surface area contributed by atoms with E-state index in [1.807, 2.05) is 0 Å². The average molecular weight is 394 g/mol. The van der Waals surface area contributed by atoms with E-state index in [1.54, 1.807) is 22.5 Å². The maximum atomic E-state index is 12.7. The Balaban J connectivity index is 1.70. The Morgan fingerprint density at radius 3 is 2.43 bits per heavy atom. The van der Waals surface area contributed by atoms with E-state index in [-0.39, 0.29) is 9.92 Å². The second kappa shape index (κ2) is 6.16. The second-order valence-electron chi connectivity index (χ2n) is 5.72. The monoisotopic (exact) mass is 392 g/mol. The largest absolute Gasteiger partial charge is 0.300 e. The first-order chi connectivity index (χ1) is 9.96. The van der Waals surface area contributed by atoms with Crippen LogP contribution in [0.2, 0.25) is 5.02 Å². The van der Waals surface area contributed by atoms with Crippen molar-refractivity contribution < 1.29 is 8.42 Å². The maximum absolute atomic E-state index is 12.7. The van der Waals surface area contributed by atoms with E-state index in [0.29, 0.717) is 13.1 Å². The maximum Gasteiger partial charge on any atom is 0.244 e. The molecule has 4 nitrogen and oxygen atoms in total. The molecular formula is C14H18BrClN2O2S. The van der Waals surface area contributed by atoms with Crippen LogP contribution >= 0.6 is 27.5 Å². The van der Waals surface area contributed by atoms with E-state index in [0.717, 1.165) is 30.0 Å². The van der Waals surface area contributed by atoms with E-state index in [4.69, 9.17) is 11.6 Å². The van der Waals surface area contributed by atoms with Crippen LogP contribution in [0.1, 0.15) is 12.8 Å². The van der Waals surface area contributed by atoms with Gasteiger partial charge in [0.2, 0.25) is 10.0 Å². The number of hydrogen-bond acceptors (Lipinski definition) is 3. The van der Waals surface area contributed by atoms with Crippen molar-refractivity contribution in [2.75, 3.05) is 32.7 Å². The molecule has 3 rings (SSSR count). The van der Waals surface area contributed by atoms with Gasteiger partial charge in [0.05, 0.1) is 5.02 Å². The molecule has 0 amide bonds. The van der Waals surface area contributed by atoms with Crippen LogP contribution in [0.15, 0.2) is 27.6 Å². The number of sulfonamides is 1. The molecule has 2 fully saturated rings. The Bertz CT molecular complexity index is 626. The molecule has 0 bridgehead atoms. The fourth-order valence-electron chi connectivity index (χ4n) is 2.64. The Hall–Kier alpha value is -0.140. The zero-order valence-electron chi connectivity index (χ0n) is 11.6. The van der Waals surface area contributed by atoms with Gasteiger partial charge in [0.15, 0.2) is 0 Å². The van der Waals surface area contributed by atoms with Crippen LogP contribution in [0.5, 0.6) is 0 Å². The lowest BCUT2D eigenvalue weighted by molar-refractivity contribution is 0.182. The van der Waals surface area contributed by atoms with Crippen molar-refractivity contribution in [2.45, 2.75) is 17.7 Å². The third-order valence-corrected chi connectivity index (χ3v) is 6.93. The summed E-state index contributed by atoms with van der Waals surface area (Å²) in [6, 6.07) is 4.90. The molecule has 116 valence electrons. The average Bonchev–Trinajstić information content (AvgIpc) is 3.23. The molecule has 1 aliphatic carbocycles. The molecule has 0 spiro atoms. The first-order valence-electron chi connectivity index (χ1n) is 7.14. The van der Waals surface area contributed by atoms with Gasteiger partial charge in [-0.3, -0.25) is 0 Å². The molecule has 1 saturated carbocycles. The summed E-state index contributed by atoms with van der Waals surface area (Å²) >= 11 is 9.39. The van der Waals surface area contributed by atoms with Crippen LogP contribution in [-0.4, -0.2) is 50.3 Å². The molecule has 0 unspecified atom stereocenters. The third-order valence-electron chi connectivity index (χ3n) is 4.06. The summed E-state index contributed by atoms with van der Waals surface area (Å²) in [6.07, 6.45) is 2.65. The molecule has 1 aliphatic heterocycles. The van der Waals surface area contributed by atoms with Crippen LogP contribution in [-0.2, 0) is 10.0 Å². The Morgan fingerprint density at radius 1 is 1.19 bits per heavy atom. The highest BCUT2D eigenvalue weighted by Crippen LogP contribution is 2.31. The summed E-state index contributed by atoms with van der Waals surface area (Å²) in [5, 5.41) is 0.268. The molecule has 7 heteroatoms. The van der Waals surface area contributed by atoms with Crippen molar-refractivity contribution in [2.24, 2.45) is 5.92 Å². The van der Waals surface area contributed by atoms with Crippen molar-refractivity contribution in [1.29, 1.82) is 0 Å². The smallest absolute Gasteiger partial charge is 0.244 e. The van der Waals surface area contributed by atoms with E-state index in [2.05, 4.69) is 20.8 Å². The third kappa shape index (κ3) is 3.62. The number of hydrogen-bond donors (Lipinski definition) is 0. The minimum absolute atomic E-state index is 0.197. The first-order valence-corrected chi connectivity index (χ1v) is 9.75. The van der Waals surface area contributed by atoms with Crippen molar-refractivity contribution in [3.8, 4) is 0 Å². The number of nitrogens with zero attached hydrogens (tertiary/aromatic N) is 2. The fraction of sp³-hybridized carbons (Fsp3) is 0.571. The summed E-state index contributed by atoms with van der Waals surface area (Å²) in [6.45, 7) is 3.82. The Morgan fingerprint density at radius 2 is 1.86 bits per heavy atom. The van der Waals surface area contributed by atoms with Gasteiger partial charge in [-0.2, -0.15) is 4.31 Å². The van der Waals surface area contributed by atoms with Gasteiger partial charge in [0.1, 0.15) is 4.90 Å². The van der Waals surface area contributed by atoms with Crippen molar-refractivity contribution in [3.05, 3.63) is 27.7 Å². The van der Waals surface area contributed by atoms with Gasteiger partial charge in [0.25, 0.3) is 0 Å². The minimum atomic E-state index is -3.49. The zero-order valence-corrected chi connectivity index (χ0v) is 14.8. The SMILES string of the molecule is O=S(=O)(c1ccc(Br)cc1Cl)N1CCN(CC2CC2)CC1. The standard InChI is InChI=1S/C14H18BrClN2O2S/c15-12-3-4-14(13(16)9-12)21(19,20)18-7-5-17(6-8-18)10-11-1-2-11/h3-4,9,11H,1-2,5-8,10H2. The Labute approximate surface area is 139 Å². The molecule has 0 radical (unpaired) electrons. The van der Waals surface area contributed by atoms with Gasteiger partial charge in [-0.1, -0.05) is 27.5 Å². The number of benzene rings is 1. The van der Waals surface area contributed by atoms with Crippen molar-refractivity contribution >= 4 is 37.6 Å². The molecule has 1 heterocycles. The highest BCUT2D eigenvalue weighted by molar-refractivity contribution is 9.10. The van der Waals surface area contributed by atoms with Gasteiger partial charge < -0.3 is 4.90 Å². The molecule has 0 aromatic heterocycles. The van der Waals surface area contributed by atoms with Gasteiger partial charge >= 0.3 is 0 Å². The number of rotatable bonds is 4. The quantitative estimate of drug-likeness (QED) is 0.790. The van der Waals surface area contributed by atoms with Crippen molar-refractivity contribution in [1.82, 2.24) is 9.21 Å². The topological polar surface area (TPSA) is 40.6 Å². The number of piperazine rings is 1. The first kappa shape index (κ1) is 15.7. The van der Waals surface area contributed by atoms with Gasteiger partial charge in [-0.25, -0.2) is 8.42 Å². The predicted molar refractivity (Wildman–Crippen MR) is 87.1 cm³/mol. The minimum Gasteiger partial charge on any atom is -0.300 e. The molecular weight excluding hydrogens is 376 g/mol. The number of halogens is 2. The van der Waals surface area contributed by atoms with Crippen LogP contribution < -0.4 is 0 Å². The highest BCUT2D eigenvalue weighted by Gasteiger charge is 2.32. The molecule has 1 saturated heterocycles. The molecule has 0 atom stereocenters. The van der Waals surface area contributed by atoms with E-state index >= 15 is 0 Å². The lowest BCUT2D eigenvalue weighted by Gasteiger charge is -2.34. The van der Waals surface area contributed by atoms with Gasteiger partial charge in [0, 0.05) is 37.2 Å². The predicted octanol–water partition coefficient (Wildman–Crippen LogP) is 2.82. The molecule has 1 aromatic carbocycles. The summed E-state index contributed by atoms with van der Waals surface area (Å²) in [7, 11) is -3.49. The lowest BCUT2D eigenvalue weighted by Crippen LogP contribution is -2.49. The van der Waals surface area contributed by atoms with E-state index < -0.39 is 10.0 Å². The van der Waals surface area contributed by atoms with Crippen LogP contribution in [0.3, 0.4) is 0 Å². The summed E-state index contributed by atoms with van der Waals surface area (Å²) in [4.78, 5) is 2.57. The lowest BCUT2D eigenvalue weighted by atomic mass is 10.3. The van der Waals surface area contributed by atoms with Crippen LogP contribution in [0.4, 0.5) is 0 Å².